The number of carbonyl (C=O) groups excluding carboxylic acids is 2. The fourth-order valence-corrected chi connectivity index (χ4v) is 2.69. The zero-order valence-electron chi connectivity index (χ0n) is 14.1. The van der Waals surface area contributed by atoms with Crippen LogP contribution in [0.1, 0.15) is 23.7 Å². The molecule has 2 aromatic rings. The molecule has 26 heavy (non-hydrogen) atoms. The normalized spacial score (nSPS) is 10.1. The van der Waals surface area contributed by atoms with Crippen molar-refractivity contribution in [2.75, 3.05) is 13.2 Å². The van der Waals surface area contributed by atoms with E-state index in [4.69, 9.17) is 21.1 Å². The molecule has 0 aromatic heterocycles. The van der Waals surface area contributed by atoms with Crippen LogP contribution in [-0.4, -0.2) is 25.0 Å². The molecule has 0 atom stereocenters. The summed E-state index contributed by atoms with van der Waals surface area (Å²) in [6.45, 7) is 2.37. The average Bonchev–Trinajstić information content (AvgIpc) is 2.64. The van der Waals surface area contributed by atoms with Gasteiger partial charge < -0.3 is 9.47 Å². The summed E-state index contributed by atoms with van der Waals surface area (Å²) in [5.74, 6) is 0.226. The Hall–Kier alpha value is -2.25. The van der Waals surface area contributed by atoms with Crippen molar-refractivity contribution in [2.24, 2.45) is 0 Å². The van der Waals surface area contributed by atoms with E-state index in [2.05, 4.69) is 26.8 Å². The van der Waals surface area contributed by atoms with Crippen molar-refractivity contribution < 1.29 is 19.1 Å². The van der Waals surface area contributed by atoms with Crippen LogP contribution in [0.5, 0.6) is 11.5 Å². The number of ether oxygens (including phenoxy) is 2. The van der Waals surface area contributed by atoms with Crippen molar-refractivity contribution in [3.05, 3.63) is 57.5 Å². The Morgan fingerprint density at radius 3 is 2.46 bits per heavy atom. The number of hydrogen-bond donors (Lipinski definition) is 2. The van der Waals surface area contributed by atoms with E-state index in [9.17, 15) is 9.59 Å². The van der Waals surface area contributed by atoms with E-state index in [-0.39, 0.29) is 6.61 Å². The van der Waals surface area contributed by atoms with Crippen LogP contribution in [0.25, 0.3) is 0 Å². The van der Waals surface area contributed by atoms with Crippen molar-refractivity contribution in [2.45, 2.75) is 13.3 Å². The summed E-state index contributed by atoms with van der Waals surface area (Å²) < 4.78 is 11.4. The monoisotopic (exact) mass is 440 g/mol. The lowest BCUT2D eigenvalue weighted by molar-refractivity contribution is -0.123. The van der Waals surface area contributed by atoms with Crippen molar-refractivity contribution in [1.82, 2.24) is 10.9 Å². The minimum absolute atomic E-state index is 0.260. The fraction of sp³-hybridized carbons (Fsp3) is 0.222. The lowest BCUT2D eigenvalue weighted by Gasteiger charge is -2.10. The standard InChI is InChI=1S/C18H18BrClN2O4/c1-2-9-25-14-6-3-12(4-7-14)18(24)22-21-17(23)11-26-16-8-5-13(20)10-15(16)19/h3-8,10H,2,9,11H2,1H3,(H,21,23)(H,22,24). The van der Waals surface area contributed by atoms with Crippen LogP contribution in [0.4, 0.5) is 0 Å². The Balaban J connectivity index is 1.78. The van der Waals surface area contributed by atoms with Crippen LogP contribution in [0.2, 0.25) is 5.02 Å². The third kappa shape index (κ3) is 6.24. The van der Waals surface area contributed by atoms with Gasteiger partial charge in [0.15, 0.2) is 6.61 Å². The molecule has 0 radical (unpaired) electrons. The molecule has 0 unspecified atom stereocenters. The zero-order valence-corrected chi connectivity index (χ0v) is 16.4. The number of hydrogen-bond acceptors (Lipinski definition) is 4. The predicted molar refractivity (Wildman–Crippen MR) is 102 cm³/mol. The van der Waals surface area contributed by atoms with Gasteiger partial charge in [-0.05, 0) is 64.8 Å². The maximum absolute atomic E-state index is 12.0. The first-order valence-corrected chi connectivity index (χ1v) is 9.06. The summed E-state index contributed by atoms with van der Waals surface area (Å²) in [7, 11) is 0. The van der Waals surface area contributed by atoms with Crippen LogP contribution in [-0.2, 0) is 4.79 Å². The predicted octanol–water partition coefficient (Wildman–Crippen LogP) is 3.73. The molecule has 0 saturated carbocycles. The van der Waals surface area contributed by atoms with Gasteiger partial charge in [-0.2, -0.15) is 0 Å². The highest BCUT2D eigenvalue weighted by molar-refractivity contribution is 9.10. The third-order valence-corrected chi connectivity index (χ3v) is 4.01. The van der Waals surface area contributed by atoms with Crippen LogP contribution in [0.15, 0.2) is 46.9 Å². The number of benzene rings is 2. The van der Waals surface area contributed by atoms with Gasteiger partial charge in [0, 0.05) is 10.6 Å². The van der Waals surface area contributed by atoms with E-state index in [1.54, 1.807) is 42.5 Å². The molecule has 2 N–H and O–H groups in total. The van der Waals surface area contributed by atoms with E-state index < -0.39 is 11.8 Å². The molecular weight excluding hydrogens is 424 g/mol. The van der Waals surface area contributed by atoms with Gasteiger partial charge in [-0.3, -0.25) is 20.4 Å². The van der Waals surface area contributed by atoms with Crippen molar-refractivity contribution in [1.29, 1.82) is 0 Å². The number of halogens is 2. The van der Waals surface area contributed by atoms with Crippen molar-refractivity contribution >= 4 is 39.3 Å². The molecular formula is C18H18BrClN2O4. The maximum Gasteiger partial charge on any atom is 0.276 e. The highest BCUT2D eigenvalue weighted by atomic mass is 79.9. The molecule has 2 amide bonds. The maximum atomic E-state index is 12.0. The molecule has 0 aliphatic rings. The Kier molecular flexibility index (Phi) is 7.74. The summed E-state index contributed by atoms with van der Waals surface area (Å²) in [6, 6.07) is 11.6. The lowest BCUT2D eigenvalue weighted by atomic mass is 10.2. The van der Waals surface area contributed by atoms with Crippen LogP contribution in [0.3, 0.4) is 0 Å². The number of nitrogens with one attached hydrogen (secondary N) is 2. The van der Waals surface area contributed by atoms with E-state index in [1.807, 2.05) is 6.92 Å². The number of rotatable bonds is 7. The SMILES string of the molecule is CCCOc1ccc(C(=O)NNC(=O)COc2ccc(Cl)cc2Br)cc1. The van der Waals surface area contributed by atoms with Crippen molar-refractivity contribution in [3.63, 3.8) is 0 Å². The van der Waals surface area contributed by atoms with E-state index in [1.165, 1.54) is 0 Å². The minimum Gasteiger partial charge on any atom is -0.494 e. The van der Waals surface area contributed by atoms with Gasteiger partial charge in [0.25, 0.3) is 11.8 Å². The summed E-state index contributed by atoms with van der Waals surface area (Å²) >= 11 is 9.13. The van der Waals surface area contributed by atoms with E-state index >= 15 is 0 Å². The molecule has 138 valence electrons. The van der Waals surface area contributed by atoms with Gasteiger partial charge in [0.1, 0.15) is 11.5 Å². The van der Waals surface area contributed by atoms with Crippen molar-refractivity contribution in [3.8, 4) is 11.5 Å². The van der Waals surface area contributed by atoms with Gasteiger partial charge in [0.2, 0.25) is 0 Å². The minimum atomic E-state index is -0.497. The first-order chi connectivity index (χ1) is 12.5. The second-order valence-corrected chi connectivity index (χ2v) is 6.53. The largest absolute Gasteiger partial charge is 0.494 e. The Morgan fingerprint density at radius 1 is 1.08 bits per heavy atom. The number of carbonyl (C=O) groups is 2. The first kappa shape index (κ1) is 20.1. The lowest BCUT2D eigenvalue weighted by Crippen LogP contribution is -2.43. The van der Waals surface area contributed by atoms with Crippen LogP contribution >= 0.6 is 27.5 Å². The average molecular weight is 442 g/mol. The molecule has 0 aliphatic carbocycles. The Bertz CT molecular complexity index is 768. The van der Waals surface area contributed by atoms with Gasteiger partial charge >= 0.3 is 0 Å². The second-order valence-electron chi connectivity index (χ2n) is 5.24. The van der Waals surface area contributed by atoms with Crippen LogP contribution in [0, 0.1) is 0 Å². The molecule has 2 aromatic carbocycles. The molecule has 0 bridgehead atoms. The van der Waals surface area contributed by atoms with Crippen LogP contribution < -0.4 is 20.3 Å². The first-order valence-electron chi connectivity index (χ1n) is 7.89. The summed E-state index contributed by atoms with van der Waals surface area (Å²) in [5, 5.41) is 0.548. The molecule has 0 saturated heterocycles. The van der Waals surface area contributed by atoms with Gasteiger partial charge in [-0.15, -0.1) is 0 Å². The quantitative estimate of drug-likeness (QED) is 0.642. The smallest absolute Gasteiger partial charge is 0.276 e. The number of amides is 2. The summed E-state index contributed by atoms with van der Waals surface area (Å²) in [6.07, 6.45) is 0.906. The molecule has 0 aliphatic heterocycles. The third-order valence-electron chi connectivity index (χ3n) is 3.16. The Morgan fingerprint density at radius 2 is 1.81 bits per heavy atom. The van der Waals surface area contributed by atoms with E-state index in [0.717, 1.165) is 6.42 Å². The zero-order chi connectivity index (χ0) is 18.9. The number of hydrazine groups is 1. The van der Waals surface area contributed by atoms with Gasteiger partial charge in [-0.1, -0.05) is 18.5 Å². The molecule has 8 heteroatoms. The highest BCUT2D eigenvalue weighted by Gasteiger charge is 2.09. The molecule has 0 spiro atoms. The van der Waals surface area contributed by atoms with E-state index in [0.29, 0.717) is 33.2 Å². The van der Waals surface area contributed by atoms with Gasteiger partial charge in [-0.25, -0.2) is 0 Å². The fourth-order valence-electron chi connectivity index (χ4n) is 1.89. The molecule has 2 rings (SSSR count). The Labute approximate surface area is 164 Å². The molecule has 6 nitrogen and oxygen atoms in total. The summed E-state index contributed by atoms with van der Waals surface area (Å²) in [4.78, 5) is 23.8. The second kappa shape index (κ2) is 10.0. The highest BCUT2D eigenvalue weighted by Crippen LogP contribution is 2.27. The van der Waals surface area contributed by atoms with Gasteiger partial charge in [0.05, 0.1) is 11.1 Å². The summed E-state index contributed by atoms with van der Waals surface area (Å²) in [5.41, 5.74) is 5.02. The molecule has 0 fully saturated rings. The molecule has 0 heterocycles. The topological polar surface area (TPSA) is 76.7 Å².